The summed E-state index contributed by atoms with van der Waals surface area (Å²) in [5.41, 5.74) is 15.4. The van der Waals surface area contributed by atoms with Crippen LogP contribution < -0.4 is 0 Å². The highest BCUT2D eigenvalue weighted by atomic mass is 79.9. The van der Waals surface area contributed by atoms with Crippen molar-refractivity contribution < 1.29 is 50.7 Å². The zero-order valence-electron chi connectivity index (χ0n) is 83.5. The monoisotopic (exact) mass is 2190 g/mol. The van der Waals surface area contributed by atoms with Gasteiger partial charge in [-0.25, -0.2) is 4.39 Å². The maximum absolute atomic E-state index is 12.1. The van der Waals surface area contributed by atoms with Crippen LogP contribution >= 0.6 is 167 Å². The standard InChI is InChI=1S/C10H14O.C10H14.5C7H6Cl2.2C7H7Cl.C7H13F3O2.C7H7F.C7H8.C6H14O2.C5H11BrO.C4H7Cl.C3H8O.C2H6/c1-8-6-4-5-7-10(8)9(2)11-3;1-3-4-10-7-5-9(2)6-8-10;5*1-5-2-3-6(8)4-7(5)9;1-6-2-4-7(8)5-3-6;1-6-4-2-3-5-7(6)8;1-3-4-6(11-2)12-5-7(8,9)10;1-6-2-4-7(8)5-3-6;1-7-5-3-2-4-6-7;1-4-6(8-3)5-7-2;1-3-5(6)4-7-2;1-4(5)2-3-4;1-3-4-2;1-2/h4-7,9H,1-3H3;5-8H,3-4H2,1-2H3;5*2-4H,1H3;2*2-5H,1H3;6H,3-5H2,1-2H3;2-5H,1H3;2-6H,1H3;6H,4-5H2,1-3H3;5H,3-4H2,1-2H3;2-3H2,1H3;3H2,1-2H3;1-2H3. The molecule has 11 aromatic rings. The number of rotatable bonds is 17. The van der Waals surface area contributed by atoms with Crippen molar-refractivity contribution in [3.63, 3.8) is 0 Å². The normalized spacial score (nSPS) is 11.3. The quantitative estimate of drug-likeness (QED) is 0.0511. The smallest absolute Gasteiger partial charge is 0.385 e. The Balaban J connectivity index is -0.000000446. The van der Waals surface area contributed by atoms with Gasteiger partial charge in [0, 0.05) is 119 Å². The lowest BCUT2D eigenvalue weighted by molar-refractivity contribution is -0.224. The Bertz CT molecular complexity index is 4290. The first-order valence-corrected chi connectivity index (χ1v) is 49.9. The van der Waals surface area contributed by atoms with E-state index in [1.54, 1.807) is 78.0 Å². The second-order valence-electron chi connectivity index (χ2n) is 30.0. The molecule has 0 spiro atoms. The third-order valence-corrected chi connectivity index (χ3v) is 22.9. The maximum Gasteiger partial charge on any atom is 0.411 e. The zero-order valence-corrected chi connectivity index (χ0v) is 95.0. The van der Waals surface area contributed by atoms with Crippen LogP contribution in [0.3, 0.4) is 0 Å². The lowest BCUT2D eigenvalue weighted by Gasteiger charge is -2.16. The summed E-state index contributed by atoms with van der Waals surface area (Å²) in [6, 6.07) is 76.5. The van der Waals surface area contributed by atoms with Gasteiger partial charge in [-0.15, -0.1) is 11.6 Å². The molecule has 0 radical (unpaired) electrons. The largest absolute Gasteiger partial charge is 0.411 e. The highest BCUT2D eigenvalue weighted by Gasteiger charge is 2.34. The molecular formula is C110H146BrCl13F4O7. The van der Waals surface area contributed by atoms with E-state index < -0.39 is 19.1 Å². The van der Waals surface area contributed by atoms with Crippen molar-refractivity contribution >= 4 is 167 Å². The summed E-state index contributed by atoms with van der Waals surface area (Å²) in [5.74, 6) is -0.171. The molecule has 1 fully saturated rings. The molecule has 754 valence electrons. The first-order chi connectivity index (χ1) is 63.6. The molecule has 1 aliphatic rings. The Kier molecular flexibility index (Phi) is 89.2. The molecule has 11 aromatic carbocycles. The number of aryl methyl sites for hydroxylation is 12. The van der Waals surface area contributed by atoms with Crippen LogP contribution in [0.1, 0.15) is 186 Å². The van der Waals surface area contributed by atoms with Crippen LogP contribution in [-0.2, 0) is 39.6 Å². The molecule has 0 heterocycles. The SMILES string of the molecule is CC.CC1(Cl)CC1.CCC(Br)COC.CCC(COC)OC.CCCC(OC)OCC(F)(F)F.CCCc1ccc(C)cc1.CCOC.COC(C)c1ccccc1C.Cc1ccc(Cl)cc1.Cc1ccc(Cl)cc1Cl.Cc1ccc(Cl)cc1Cl.Cc1ccc(Cl)cc1Cl.Cc1ccc(Cl)cc1Cl.Cc1ccc(Cl)cc1Cl.Cc1ccc(F)cc1.Cc1ccccc1.Cc1ccccc1Cl. The van der Waals surface area contributed by atoms with Gasteiger partial charge in [-0.3, -0.25) is 0 Å². The molecule has 7 nitrogen and oxygen atoms in total. The molecule has 1 aliphatic carbocycles. The van der Waals surface area contributed by atoms with Crippen LogP contribution in [-0.4, -0.2) is 97.4 Å². The fraction of sp³-hybridized carbons (Fsp3) is 0.400. The molecule has 0 saturated heterocycles. The van der Waals surface area contributed by atoms with Gasteiger partial charge in [0.05, 0.1) is 25.4 Å². The van der Waals surface area contributed by atoms with Crippen molar-refractivity contribution in [1.29, 1.82) is 0 Å². The molecule has 4 atom stereocenters. The van der Waals surface area contributed by atoms with E-state index in [0.29, 0.717) is 43.0 Å². The van der Waals surface area contributed by atoms with Crippen LogP contribution in [0.5, 0.6) is 0 Å². The predicted octanol–water partition coefficient (Wildman–Crippen LogP) is 40.2. The Hall–Kier alpha value is -4.89. The van der Waals surface area contributed by atoms with Gasteiger partial charge in [-0.1, -0.05) is 383 Å². The van der Waals surface area contributed by atoms with E-state index in [2.05, 4.69) is 134 Å². The zero-order chi connectivity index (χ0) is 104. The Morgan fingerprint density at radius 2 is 0.689 bits per heavy atom. The molecule has 0 aliphatic heterocycles. The molecule has 1 saturated carbocycles. The summed E-state index contributed by atoms with van der Waals surface area (Å²) in [7, 11) is 9.84. The van der Waals surface area contributed by atoms with Gasteiger partial charge < -0.3 is 33.2 Å². The van der Waals surface area contributed by atoms with Crippen molar-refractivity contribution in [2.24, 2.45) is 0 Å². The first-order valence-electron chi connectivity index (χ1n) is 44.1. The Morgan fingerprint density at radius 1 is 0.370 bits per heavy atom. The van der Waals surface area contributed by atoms with Crippen LogP contribution in [0, 0.1) is 82.0 Å². The van der Waals surface area contributed by atoms with E-state index in [0.717, 1.165) is 107 Å². The molecule has 4 unspecified atom stereocenters. The fourth-order valence-electron chi connectivity index (χ4n) is 8.90. The van der Waals surface area contributed by atoms with E-state index >= 15 is 0 Å². The first kappa shape index (κ1) is 139. The third kappa shape index (κ3) is 83.4. The van der Waals surface area contributed by atoms with Gasteiger partial charge in [-0.05, 0) is 277 Å². The molecule has 12 rings (SSSR count). The number of hydrogen-bond acceptors (Lipinski definition) is 7. The van der Waals surface area contributed by atoms with Crippen molar-refractivity contribution in [3.05, 3.63) is 381 Å². The van der Waals surface area contributed by atoms with Crippen molar-refractivity contribution in [3.8, 4) is 0 Å². The topological polar surface area (TPSA) is 64.6 Å². The third-order valence-electron chi connectivity index (χ3n) is 17.7. The number of alkyl halides is 5. The molecule has 0 bridgehead atoms. The van der Waals surface area contributed by atoms with Crippen LogP contribution in [0.4, 0.5) is 17.6 Å². The molecular weight excluding hydrogens is 2050 g/mol. The summed E-state index contributed by atoms with van der Waals surface area (Å²) in [5, 5.41) is 8.69. The summed E-state index contributed by atoms with van der Waals surface area (Å²) in [6.07, 6.45) is 3.71. The van der Waals surface area contributed by atoms with E-state index in [1.165, 1.54) is 78.3 Å². The number of benzene rings is 11. The van der Waals surface area contributed by atoms with Crippen LogP contribution in [0.2, 0.25) is 60.3 Å². The lowest BCUT2D eigenvalue weighted by atomic mass is 10.1. The molecule has 0 N–H and O–H groups in total. The van der Waals surface area contributed by atoms with Gasteiger partial charge in [0.15, 0.2) is 6.29 Å². The number of hydrogen-bond donors (Lipinski definition) is 0. The summed E-state index contributed by atoms with van der Waals surface area (Å²) >= 11 is 77.2. The van der Waals surface area contributed by atoms with Crippen molar-refractivity contribution in [1.82, 2.24) is 0 Å². The Morgan fingerprint density at radius 3 is 0.904 bits per heavy atom. The summed E-state index contributed by atoms with van der Waals surface area (Å²) in [6.45, 7) is 41.4. The average Bonchev–Trinajstić information content (AvgIpc) is 1.73. The fourth-order valence-corrected chi connectivity index (χ4v) is 11.6. The van der Waals surface area contributed by atoms with Gasteiger partial charge in [-0.2, -0.15) is 13.2 Å². The van der Waals surface area contributed by atoms with Crippen LogP contribution in [0.25, 0.3) is 0 Å². The molecule has 0 amide bonds. The number of ether oxygens (including phenoxy) is 7. The van der Waals surface area contributed by atoms with Gasteiger partial charge in [0.1, 0.15) is 12.4 Å². The molecule has 135 heavy (non-hydrogen) atoms. The minimum absolute atomic E-state index is 0.171. The van der Waals surface area contributed by atoms with E-state index in [9.17, 15) is 17.6 Å². The lowest BCUT2D eigenvalue weighted by Crippen LogP contribution is -2.24. The highest BCUT2D eigenvalue weighted by Crippen LogP contribution is 2.41. The highest BCUT2D eigenvalue weighted by molar-refractivity contribution is 9.09. The second kappa shape index (κ2) is 86.9. The van der Waals surface area contributed by atoms with Gasteiger partial charge >= 0.3 is 6.18 Å². The van der Waals surface area contributed by atoms with E-state index in [1.807, 2.05) is 223 Å². The molecule has 0 aromatic heterocycles. The van der Waals surface area contributed by atoms with Crippen molar-refractivity contribution in [2.45, 2.75) is 224 Å². The van der Waals surface area contributed by atoms with Crippen molar-refractivity contribution in [2.75, 3.05) is 69.1 Å². The Labute approximate surface area is 883 Å². The average molecular weight is 2200 g/mol. The minimum Gasteiger partial charge on any atom is -0.385 e. The molecule has 25 heteroatoms. The maximum atomic E-state index is 12.1. The van der Waals surface area contributed by atoms with Gasteiger partial charge in [0.25, 0.3) is 0 Å². The summed E-state index contributed by atoms with van der Waals surface area (Å²) < 4.78 is 80.5. The van der Waals surface area contributed by atoms with Crippen LogP contribution in [0.15, 0.2) is 243 Å². The minimum atomic E-state index is -4.27. The number of methoxy groups -OCH3 is 6. The van der Waals surface area contributed by atoms with E-state index in [4.69, 9.17) is 170 Å². The summed E-state index contributed by atoms with van der Waals surface area (Å²) in [4.78, 5) is 0.762. The number of halogens is 18. The van der Waals surface area contributed by atoms with E-state index in [-0.39, 0.29) is 22.9 Å². The predicted molar refractivity (Wildman–Crippen MR) is 590 cm³/mol. The van der Waals surface area contributed by atoms with Gasteiger partial charge in [0.2, 0.25) is 0 Å². The second-order valence-corrected chi connectivity index (χ2v) is 37.3.